The lowest BCUT2D eigenvalue weighted by Crippen LogP contribution is -2.07. The number of rotatable bonds is 4. The van der Waals surface area contributed by atoms with Crippen molar-refractivity contribution in [3.05, 3.63) is 70.3 Å². The summed E-state index contributed by atoms with van der Waals surface area (Å²) >= 11 is 0. The van der Waals surface area contributed by atoms with E-state index in [1.54, 1.807) is 6.92 Å². The maximum absolute atomic E-state index is 13.9. The molecule has 0 aliphatic rings. The predicted molar refractivity (Wildman–Crippen MR) is 75.6 cm³/mol. The van der Waals surface area contributed by atoms with Crippen molar-refractivity contribution in [1.82, 2.24) is 0 Å². The second kappa shape index (κ2) is 6.14. The van der Waals surface area contributed by atoms with Crippen LogP contribution in [-0.4, -0.2) is 5.11 Å². The van der Waals surface area contributed by atoms with Gasteiger partial charge in [0.05, 0.1) is 11.7 Å². The monoisotopic (exact) mass is 276 g/mol. The standard InChI is InChI=1S/C17H18F2O/c1-11-4-3-5-13(10-11)7-9-15(20)16-14(18)8-6-12(2)17(16)19/h3-6,8,10,15,20H,7,9H2,1-2H3. The van der Waals surface area contributed by atoms with E-state index in [1.165, 1.54) is 12.1 Å². The van der Waals surface area contributed by atoms with E-state index in [0.717, 1.165) is 11.1 Å². The van der Waals surface area contributed by atoms with Gasteiger partial charge in [-0.05, 0) is 43.9 Å². The zero-order chi connectivity index (χ0) is 14.7. The Morgan fingerprint density at radius 2 is 1.85 bits per heavy atom. The van der Waals surface area contributed by atoms with Crippen LogP contribution < -0.4 is 0 Å². The number of hydrogen-bond donors (Lipinski definition) is 1. The van der Waals surface area contributed by atoms with Gasteiger partial charge in [0.15, 0.2) is 0 Å². The first kappa shape index (κ1) is 14.7. The predicted octanol–water partition coefficient (Wildman–Crippen LogP) is 4.25. The van der Waals surface area contributed by atoms with Crippen molar-refractivity contribution >= 4 is 0 Å². The first-order valence-corrected chi connectivity index (χ1v) is 6.67. The molecule has 0 aliphatic carbocycles. The highest BCUT2D eigenvalue weighted by Gasteiger charge is 2.19. The van der Waals surface area contributed by atoms with Gasteiger partial charge in [-0.3, -0.25) is 0 Å². The molecule has 0 fully saturated rings. The van der Waals surface area contributed by atoms with Crippen molar-refractivity contribution in [2.45, 2.75) is 32.8 Å². The highest BCUT2D eigenvalue weighted by molar-refractivity contribution is 5.29. The molecule has 2 aromatic carbocycles. The van der Waals surface area contributed by atoms with Crippen LogP contribution in [-0.2, 0) is 6.42 Å². The molecule has 0 bridgehead atoms. The Kier molecular flexibility index (Phi) is 4.50. The lowest BCUT2D eigenvalue weighted by molar-refractivity contribution is 0.158. The van der Waals surface area contributed by atoms with E-state index in [0.29, 0.717) is 18.4 Å². The van der Waals surface area contributed by atoms with Crippen molar-refractivity contribution in [2.24, 2.45) is 0 Å². The van der Waals surface area contributed by atoms with Gasteiger partial charge in [0.25, 0.3) is 0 Å². The molecule has 20 heavy (non-hydrogen) atoms. The zero-order valence-corrected chi connectivity index (χ0v) is 11.7. The molecule has 0 spiro atoms. The minimum atomic E-state index is -1.13. The first-order valence-electron chi connectivity index (χ1n) is 6.67. The van der Waals surface area contributed by atoms with Crippen LogP contribution >= 0.6 is 0 Å². The van der Waals surface area contributed by atoms with Gasteiger partial charge in [-0.1, -0.05) is 35.9 Å². The number of aryl methyl sites for hydroxylation is 3. The Balaban J connectivity index is 2.13. The summed E-state index contributed by atoms with van der Waals surface area (Å²) in [5.74, 6) is -1.34. The van der Waals surface area contributed by atoms with Crippen molar-refractivity contribution < 1.29 is 13.9 Å². The fourth-order valence-electron chi connectivity index (χ4n) is 2.30. The SMILES string of the molecule is Cc1cccc(CCC(O)c2c(F)ccc(C)c2F)c1. The third-order valence-electron chi connectivity index (χ3n) is 3.44. The van der Waals surface area contributed by atoms with Gasteiger partial charge in [-0.15, -0.1) is 0 Å². The van der Waals surface area contributed by atoms with Gasteiger partial charge in [0.1, 0.15) is 11.6 Å². The van der Waals surface area contributed by atoms with Gasteiger partial charge in [-0.25, -0.2) is 8.78 Å². The number of benzene rings is 2. The summed E-state index contributed by atoms with van der Waals surface area (Å²) in [5.41, 5.74) is 2.30. The third kappa shape index (κ3) is 3.23. The average Bonchev–Trinajstić information content (AvgIpc) is 2.41. The molecule has 0 heterocycles. The molecule has 0 aliphatic heterocycles. The topological polar surface area (TPSA) is 20.2 Å². The van der Waals surface area contributed by atoms with E-state index in [4.69, 9.17) is 0 Å². The highest BCUT2D eigenvalue weighted by atomic mass is 19.1. The molecule has 106 valence electrons. The summed E-state index contributed by atoms with van der Waals surface area (Å²) in [6.07, 6.45) is -0.258. The van der Waals surface area contributed by atoms with Crippen LogP contribution in [0.3, 0.4) is 0 Å². The van der Waals surface area contributed by atoms with Crippen LogP contribution in [0.25, 0.3) is 0 Å². The summed E-state index contributed by atoms with van der Waals surface area (Å²) in [6.45, 7) is 3.55. The van der Waals surface area contributed by atoms with Gasteiger partial charge in [-0.2, -0.15) is 0 Å². The van der Waals surface area contributed by atoms with Crippen molar-refractivity contribution in [1.29, 1.82) is 0 Å². The van der Waals surface area contributed by atoms with E-state index < -0.39 is 17.7 Å². The summed E-state index contributed by atoms with van der Waals surface area (Å²) in [6, 6.07) is 10.5. The third-order valence-corrected chi connectivity index (χ3v) is 3.44. The number of hydrogen-bond acceptors (Lipinski definition) is 1. The second-order valence-corrected chi connectivity index (χ2v) is 5.14. The maximum atomic E-state index is 13.9. The Hall–Kier alpha value is -1.74. The molecular weight excluding hydrogens is 258 g/mol. The lowest BCUT2D eigenvalue weighted by atomic mass is 9.98. The molecule has 3 heteroatoms. The Labute approximate surface area is 117 Å². The fraction of sp³-hybridized carbons (Fsp3) is 0.294. The zero-order valence-electron chi connectivity index (χ0n) is 11.7. The van der Waals surface area contributed by atoms with Crippen LogP contribution in [0.1, 0.15) is 34.8 Å². The van der Waals surface area contributed by atoms with E-state index in [-0.39, 0.29) is 5.56 Å². The molecule has 2 rings (SSSR count). The summed E-state index contributed by atoms with van der Waals surface area (Å²) < 4.78 is 27.6. The van der Waals surface area contributed by atoms with Crippen LogP contribution in [0.15, 0.2) is 36.4 Å². The number of aliphatic hydroxyl groups is 1. The highest BCUT2D eigenvalue weighted by Crippen LogP contribution is 2.26. The van der Waals surface area contributed by atoms with Crippen LogP contribution in [0.4, 0.5) is 8.78 Å². The maximum Gasteiger partial charge on any atom is 0.134 e. The van der Waals surface area contributed by atoms with Crippen LogP contribution in [0, 0.1) is 25.5 Å². The molecule has 0 saturated carbocycles. The first-order chi connectivity index (χ1) is 9.49. The molecule has 0 saturated heterocycles. The van der Waals surface area contributed by atoms with E-state index in [9.17, 15) is 13.9 Å². The minimum Gasteiger partial charge on any atom is -0.388 e. The average molecular weight is 276 g/mol. The Morgan fingerprint density at radius 3 is 2.55 bits per heavy atom. The number of halogens is 2. The molecular formula is C17H18F2O. The number of aliphatic hydroxyl groups excluding tert-OH is 1. The van der Waals surface area contributed by atoms with E-state index >= 15 is 0 Å². The Bertz CT molecular complexity index is 608. The fourth-order valence-corrected chi connectivity index (χ4v) is 2.30. The lowest BCUT2D eigenvalue weighted by Gasteiger charge is -2.14. The van der Waals surface area contributed by atoms with Crippen LogP contribution in [0.5, 0.6) is 0 Å². The van der Waals surface area contributed by atoms with Crippen molar-refractivity contribution in [3.8, 4) is 0 Å². The van der Waals surface area contributed by atoms with Gasteiger partial charge in [0, 0.05) is 0 Å². The molecule has 0 radical (unpaired) electrons. The van der Waals surface area contributed by atoms with Gasteiger partial charge >= 0.3 is 0 Å². The molecule has 1 N–H and O–H groups in total. The Morgan fingerprint density at radius 1 is 1.10 bits per heavy atom. The quantitative estimate of drug-likeness (QED) is 0.885. The summed E-state index contributed by atoms with van der Waals surface area (Å²) in [5, 5.41) is 10.1. The second-order valence-electron chi connectivity index (χ2n) is 5.14. The molecule has 0 aromatic heterocycles. The minimum absolute atomic E-state index is 0.224. The smallest absolute Gasteiger partial charge is 0.134 e. The molecule has 2 aromatic rings. The molecule has 0 amide bonds. The van der Waals surface area contributed by atoms with Crippen LogP contribution in [0.2, 0.25) is 0 Å². The van der Waals surface area contributed by atoms with Gasteiger partial charge < -0.3 is 5.11 Å². The van der Waals surface area contributed by atoms with E-state index in [1.807, 2.05) is 31.2 Å². The molecule has 1 nitrogen and oxygen atoms in total. The molecule has 1 atom stereocenters. The largest absolute Gasteiger partial charge is 0.388 e. The summed E-state index contributed by atoms with van der Waals surface area (Å²) in [4.78, 5) is 0. The molecule has 1 unspecified atom stereocenters. The van der Waals surface area contributed by atoms with Crippen molar-refractivity contribution in [3.63, 3.8) is 0 Å². The van der Waals surface area contributed by atoms with Crippen molar-refractivity contribution in [2.75, 3.05) is 0 Å². The normalized spacial score (nSPS) is 12.4. The van der Waals surface area contributed by atoms with Gasteiger partial charge in [0.2, 0.25) is 0 Å². The van der Waals surface area contributed by atoms with E-state index in [2.05, 4.69) is 0 Å². The summed E-state index contributed by atoms with van der Waals surface area (Å²) in [7, 11) is 0.